The number of carbonyl (C=O) groups excluding carboxylic acids is 1. The van der Waals surface area contributed by atoms with Gasteiger partial charge in [0.1, 0.15) is 0 Å². The molecule has 7 nitrogen and oxygen atoms in total. The van der Waals surface area contributed by atoms with Crippen LogP contribution in [0.3, 0.4) is 0 Å². The average molecular weight is 380 g/mol. The molecule has 0 atom stereocenters. The molecule has 4 aromatic rings. The fourth-order valence-electron chi connectivity index (χ4n) is 2.77. The SMILES string of the molecule is Cc1cc(=O)n2c(CCNC(=O)c3cc(-c4ccccc4)on3)csc2n1. The van der Waals surface area contributed by atoms with Gasteiger partial charge in [0.15, 0.2) is 16.4 Å². The molecule has 1 aromatic carbocycles. The highest BCUT2D eigenvalue weighted by Gasteiger charge is 2.14. The third kappa shape index (κ3) is 3.52. The third-order valence-electron chi connectivity index (χ3n) is 4.07. The van der Waals surface area contributed by atoms with Crippen LogP contribution in [0.2, 0.25) is 0 Å². The second-order valence-corrected chi connectivity index (χ2v) is 6.87. The highest BCUT2D eigenvalue weighted by atomic mass is 32.1. The predicted octanol–water partition coefficient (Wildman–Crippen LogP) is 2.69. The fourth-order valence-corrected chi connectivity index (χ4v) is 3.75. The maximum Gasteiger partial charge on any atom is 0.273 e. The normalized spacial score (nSPS) is 11.0. The summed E-state index contributed by atoms with van der Waals surface area (Å²) >= 11 is 1.41. The van der Waals surface area contributed by atoms with Crippen molar-refractivity contribution in [1.82, 2.24) is 19.9 Å². The number of amides is 1. The van der Waals surface area contributed by atoms with Crippen LogP contribution in [0.5, 0.6) is 0 Å². The zero-order valence-corrected chi connectivity index (χ0v) is 15.3. The maximum absolute atomic E-state index is 12.3. The van der Waals surface area contributed by atoms with Crippen LogP contribution in [0, 0.1) is 6.92 Å². The van der Waals surface area contributed by atoms with Gasteiger partial charge in [0.25, 0.3) is 11.5 Å². The van der Waals surface area contributed by atoms with E-state index in [0.29, 0.717) is 29.4 Å². The number of fused-ring (bicyclic) bond motifs is 1. The molecule has 0 saturated heterocycles. The number of aromatic nitrogens is 3. The van der Waals surface area contributed by atoms with Crippen LogP contribution in [0.1, 0.15) is 21.9 Å². The summed E-state index contributed by atoms with van der Waals surface area (Å²) < 4.78 is 6.82. The zero-order valence-electron chi connectivity index (χ0n) is 14.5. The molecule has 136 valence electrons. The van der Waals surface area contributed by atoms with Gasteiger partial charge in [-0.1, -0.05) is 35.5 Å². The highest BCUT2D eigenvalue weighted by Crippen LogP contribution is 2.19. The van der Waals surface area contributed by atoms with Crippen LogP contribution in [-0.2, 0) is 6.42 Å². The number of nitrogens with one attached hydrogen (secondary N) is 1. The number of nitrogens with zero attached hydrogens (tertiary/aromatic N) is 3. The molecule has 3 heterocycles. The summed E-state index contributed by atoms with van der Waals surface area (Å²) in [6, 6.07) is 12.6. The van der Waals surface area contributed by atoms with Crippen molar-refractivity contribution in [2.45, 2.75) is 13.3 Å². The second kappa shape index (κ2) is 7.16. The van der Waals surface area contributed by atoms with Gasteiger partial charge in [0.2, 0.25) is 0 Å². The first-order chi connectivity index (χ1) is 13.1. The number of thiazole rings is 1. The third-order valence-corrected chi connectivity index (χ3v) is 4.95. The second-order valence-electron chi connectivity index (χ2n) is 6.03. The Hall–Kier alpha value is -3.26. The Kier molecular flexibility index (Phi) is 4.55. The monoisotopic (exact) mass is 380 g/mol. The van der Waals surface area contributed by atoms with E-state index in [1.807, 2.05) is 35.7 Å². The number of rotatable bonds is 5. The molecular weight excluding hydrogens is 364 g/mol. The van der Waals surface area contributed by atoms with Gasteiger partial charge in [-0.15, -0.1) is 11.3 Å². The molecule has 0 radical (unpaired) electrons. The number of carbonyl (C=O) groups is 1. The highest BCUT2D eigenvalue weighted by molar-refractivity contribution is 7.15. The first-order valence-corrected chi connectivity index (χ1v) is 9.27. The molecule has 0 aliphatic carbocycles. The van der Waals surface area contributed by atoms with Crippen molar-refractivity contribution in [2.75, 3.05) is 6.54 Å². The van der Waals surface area contributed by atoms with Crippen molar-refractivity contribution in [1.29, 1.82) is 0 Å². The van der Waals surface area contributed by atoms with Crippen LogP contribution < -0.4 is 10.9 Å². The summed E-state index contributed by atoms with van der Waals surface area (Å²) in [5, 5.41) is 8.52. The molecule has 0 bridgehead atoms. The lowest BCUT2D eigenvalue weighted by molar-refractivity contribution is 0.0945. The minimum absolute atomic E-state index is 0.107. The first-order valence-electron chi connectivity index (χ1n) is 8.39. The Morgan fingerprint density at radius 1 is 1.26 bits per heavy atom. The lowest BCUT2D eigenvalue weighted by Crippen LogP contribution is -2.27. The van der Waals surface area contributed by atoms with Crippen molar-refractivity contribution in [3.05, 3.63) is 75.3 Å². The molecule has 0 aliphatic rings. The molecule has 1 N–H and O–H groups in total. The van der Waals surface area contributed by atoms with Crippen molar-refractivity contribution >= 4 is 22.2 Å². The Labute approximate surface area is 158 Å². The fraction of sp³-hybridized carbons (Fsp3) is 0.158. The van der Waals surface area contributed by atoms with Crippen LogP contribution in [-0.4, -0.2) is 27.0 Å². The largest absolute Gasteiger partial charge is 0.355 e. The smallest absolute Gasteiger partial charge is 0.273 e. The predicted molar refractivity (Wildman–Crippen MR) is 102 cm³/mol. The molecule has 0 unspecified atom stereocenters. The Morgan fingerprint density at radius 3 is 2.89 bits per heavy atom. The van der Waals surface area contributed by atoms with Crippen LogP contribution >= 0.6 is 11.3 Å². The van der Waals surface area contributed by atoms with E-state index in [9.17, 15) is 9.59 Å². The van der Waals surface area contributed by atoms with E-state index in [1.165, 1.54) is 17.4 Å². The van der Waals surface area contributed by atoms with Crippen LogP contribution in [0.15, 0.2) is 57.2 Å². The number of benzene rings is 1. The number of hydrogen-bond acceptors (Lipinski definition) is 6. The lowest BCUT2D eigenvalue weighted by atomic mass is 10.1. The van der Waals surface area contributed by atoms with E-state index in [2.05, 4.69) is 15.5 Å². The lowest BCUT2D eigenvalue weighted by Gasteiger charge is -2.03. The summed E-state index contributed by atoms with van der Waals surface area (Å²) in [5.41, 5.74) is 2.48. The summed E-state index contributed by atoms with van der Waals surface area (Å²) in [5.74, 6) is 0.222. The standard InChI is InChI=1S/C19H16N4O3S/c1-12-9-17(24)23-14(11-27-19(23)21-12)7-8-20-18(25)15-10-16(26-22-15)13-5-3-2-4-6-13/h2-6,9-11H,7-8H2,1H3,(H,20,25). The van der Waals surface area contributed by atoms with Gasteiger partial charge in [-0.05, 0) is 6.92 Å². The number of hydrogen-bond donors (Lipinski definition) is 1. The van der Waals surface area contributed by atoms with Gasteiger partial charge in [-0.3, -0.25) is 14.0 Å². The first kappa shape index (κ1) is 17.2. The van der Waals surface area contributed by atoms with E-state index in [-0.39, 0.29) is 17.2 Å². The summed E-state index contributed by atoms with van der Waals surface area (Å²) in [4.78, 5) is 29.4. The van der Waals surface area contributed by atoms with Gasteiger partial charge in [0, 0.05) is 47.4 Å². The van der Waals surface area contributed by atoms with Crippen molar-refractivity contribution < 1.29 is 9.32 Å². The maximum atomic E-state index is 12.3. The molecule has 3 aromatic heterocycles. The molecule has 4 rings (SSSR count). The molecule has 0 saturated carbocycles. The van der Waals surface area contributed by atoms with Gasteiger partial charge >= 0.3 is 0 Å². The molecule has 0 aliphatic heterocycles. The van der Waals surface area contributed by atoms with Crippen molar-refractivity contribution in [2.24, 2.45) is 0 Å². The van der Waals surface area contributed by atoms with E-state index in [0.717, 1.165) is 11.3 Å². The van der Waals surface area contributed by atoms with Crippen LogP contribution in [0.4, 0.5) is 0 Å². The summed E-state index contributed by atoms with van der Waals surface area (Å²) in [7, 11) is 0. The van der Waals surface area contributed by atoms with Gasteiger partial charge in [0.05, 0.1) is 0 Å². The summed E-state index contributed by atoms with van der Waals surface area (Å²) in [6.07, 6.45) is 0.514. The van der Waals surface area contributed by atoms with Gasteiger partial charge in [-0.25, -0.2) is 4.98 Å². The Bertz CT molecular complexity index is 1160. The van der Waals surface area contributed by atoms with E-state index in [4.69, 9.17) is 4.52 Å². The quantitative estimate of drug-likeness (QED) is 0.575. The molecule has 0 fully saturated rings. The summed E-state index contributed by atoms with van der Waals surface area (Å²) in [6.45, 7) is 2.17. The molecule has 8 heteroatoms. The zero-order chi connectivity index (χ0) is 18.8. The van der Waals surface area contributed by atoms with E-state index >= 15 is 0 Å². The van der Waals surface area contributed by atoms with Crippen LogP contribution in [0.25, 0.3) is 16.3 Å². The molecule has 1 amide bonds. The minimum atomic E-state index is -0.318. The van der Waals surface area contributed by atoms with E-state index in [1.54, 1.807) is 17.4 Å². The van der Waals surface area contributed by atoms with Crippen molar-refractivity contribution in [3.8, 4) is 11.3 Å². The average Bonchev–Trinajstić information content (AvgIpc) is 3.30. The topological polar surface area (TPSA) is 89.5 Å². The number of aryl methyl sites for hydroxylation is 1. The molecular formula is C19H16N4O3S. The minimum Gasteiger partial charge on any atom is -0.355 e. The Morgan fingerprint density at radius 2 is 2.07 bits per heavy atom. The molecule has 27 heavy (non-hydrogen) atoms. The molecule has 0 spiro atoms. The van der Waals surface area contributed by atoms with E-state index < -0.39 is 0 Å². The van der Waals surface area contributed by atoms with Crippen molar-refractivity contribution in [3.63, 3.8) is 0 Å². The van der Waals surface area contributed by atoms with Gasteiger partial charge < -0.3 is 9.84 Å². The Balaban J connectivity index is 1.42. The van der Waals surface area contributed by atoms with Gasteiger partial charge in [-0.2, -0.15) is 0 Å².